The van der Waals surface area contributed by atoms with Crippen molar-refractivity contribution < 1.29 is 13.3 Å². The maximum Gasteiger partial charge on any atom is 0.528 e. The average Bonchev–Trinajstić information content (AvgIpc) is 2.83. The van der Waals surface area contributed by atoms with E-state index >= 15 is 0 Å². The molecule has 0 unspecified atom stereocenters. The van der Waals surface area contributed by atoms with Gasteiger partial charge in [-0.2, -0.15) is 0 Å². The summed E-state index contributed by atoms with van der Waals surface area (Å²) in [6, 6.07) is 11.2. The molecule has 0 N–H and O–H groups in total. The summed E-state index contributed by atoms with van der Waals surface area (Å²) in [4.78, 5) is 4.88. The molecule has 2 aliphatic rings. The zero-order valence-electron chi connectivity index (χ0n) is 21.3. The van der Waals surface area contributed by atoms with Crippen molar-refractivity contribution in [2.75, 3.05) is 86.3 Å². The van der Waals surface area contributed by atoms with E-state index in [9.17, 15) is 0 Å². The van der Waals surface area contributed by atoms with E-state index < -0.39 is 17.2 Å². The van der Waals surface area contributed by atoms with Gasteiger partial charge in [0.05, 0.1) is 0 Å². The third kappa shape index (κ3) is 6.42. The smallest absolute Gasteiger partial charge is 0.371 e. The molecule has 0 bridgehead atoms. The van der Waals surface area contributed by atoms with E-state index in [1.807, 2.05) is 20.8 Å². The van der Waals surface area contributed by atoms with E-state index in [1.165, 1.54) is 5.19 Å². The third-order valence-electron chi connectivity index (χ3n) is 6.73. The van der Waals surface area contributed by atoms with Crippen LogP contribution in [-0.2, 0) is 13.3 Å². The summed E-state index contributed by atoms with van der Waals surface area (Å²) < 4.78 is 24.3. The Morgan fingerprint density at radius 3 is 1.48 bits per heavy atom. The van der Waals surface area contributed by atoms with Crippen molar-refractivity contribution in [3.05, 3.63) is 41.7 Å². The molecule has 7 nitrogen and oxygen atoms in total. The third-order valence-corrected chi connectivity index (χ3v) is 14.3. The van der Waals surface area contributed by atoms with Crippen LogP contribution in [0.1, 0.15) is 20.8 Å². The van der Waals surface area contributed by atoms with Crippen LogP contribution in [0.5, 0.6) is 0 Å². The molecule has 0 saturated carbocycles. The topological polar surface area (TPSA) is 40.7 Å². The SMILES string of the molecule is CCO[Si](C=C[Si](c1ccccc1)(N1CCN(C)CC1)N1CCN(C)CC1)(OCC)OCC. The first kappa shape index (κ1) is 26.7. The van der Waals surface area contributed by atoms with E-state index in [0.29, 0.717) is 19.8 Å². The average molecular weight is 493 g/mol. The summed E-state index contributed by atoms with van der Waals surface area (Å²) in [5, 5.41) is 1.43. The van der Waals surface area contributed by atoms with Crippen LogP contribution < -0.4 is 5.19 Å². The lowest BCUT2D eigenvalue weighted by Gasteiger charge is -2.52. The molecule has 186 valence electrons. The predicted octanol–water partition coefficient (Wildman–Crippen LogP) is 1.51. The van der Waals surface area contributed by atoms with Gasteiger partial charge in [-0.15, -0.1) is 0 Å². The van der Waals surface area contributed by atoms with Gasteiger partial charge >= 0.3 is 8.80 Å². The molecule has 33 heavy (non-hydrogen) atoms. The highest BCUT2D eigenvalue weighted by atomic mass is 28.4. The minimum absolute atomic E-state index is 0.583. The van der Waals surface area contributed by atoms with Crippen LogP contribution in [0, 0.1) is 0 Å². The highest BCUT2D eigenvalue weighted by molar-refractivity contribution is 6.92. The summed E-state index contributed by atoms with van der Waals surface area (Å²) in [7, 11) is -0.855. The van der Waals surface area contributed by atoms with Crippen LogP contribution in [0.25, 0.3) is 0 Å². The lowest BCUT2D eigenvalue weighted by molar-refractivity contribution is 0.0842. The van der Waals surface area contributed by atoms with Gasteiger partial charge in [-0.3, -0.25) is 0 Å². The van der Waals surface area contributed by atoms with E-state index in [4.69, 9.17) is 13.3 Å². The van der Waals surface area contributed by atoms with Gasteiger partial charge in [0.1, 0.15) is 0 Å². The minimum Gasteiger partial charge on any atom is -0.371 e. The highest BCUT2D eigenvalue weighted by Crippen LogP contribution is 2.24. The highest BCUT2D eigenvalue weighted by Gasteiger charge is 2.49. The summed E-state index contributed by atoms with van der Waals surface area (Å²) >= 11 is 0. The summed E-state index contributed by atoms with van der Waals surface area (Å²) in [6.07, 6.45) is 0. The Labute approximate surface area is 203 Å². The molecule has 0 aromatic heterocycles. The number of piperazine rings is 2. The monoisotopic (exact) mass is 492 g/mol. The van der Waals surface area contributed by atoms with Gasteiger partial charge in [0.15, 0.2) is 0 Å². The van der Waals surface area contributed by atoms with Crippen molar-refractivity contribution in [2.45, 2.75) is 20.8 Å². The Hall–Kier alpha value is -0.886. The maximum atomic E-state index is 6.23. The fourth-order valence-electron chi connectivity index (χ4n) is 4.94. The zero-order valence-corrected chi connectivity index (χ0v) is 23.3. The first-order valence-corrected chi connectivity index (χ1v) is 16.3. The fraction of sp³-hybridized carbons (Fsp3) is 0.667. The van der Waals surface area contributed by atoms with E-state index in [0.717, 1.165) is 52.4 Å². The van der Waals surface area contributed by atoms with Crippen LogP contribution >= 0.6 is 0 Å². The molecule has 1 aromatic rings. The van der Waals surface area contributed by atoms with Crippen LogP contribution in [0.4, 0.5) is 0 Å². The molecule has 0 spiro atoms. The quantitative estimate of drug-likeness (QED) is 0.434. The summed E-state index contributed by atoms with van der Waals surface area (Å²) in [5.74, 6) is 0. The van der Waals surface area contributed by atoms with E-state index in [1.54, 1.807) is 0 Å². The number of benzene rings is 1. The van der Waals surface area contributed by atoms with Gasteiger partial charge in [0.2, 0.25) is 0 Å². The van der Waals surface area contributed by atoms with Crippen molar-refractivity contribution in [3.8, 4) is 0 Å². The first-order valence-electron chi connectivity index (χ1n) is 12.5. The van der Waals surface area contributed by atoms with Crippen molar-refractivity contribution in [2.24, 2.45) is 0 Å². The molecule has 2 saturated heterocycles. The van der Waals surface area contributed by atoms with Gasteiger partial charge in [-0.1, -0.05) is 36.0 Å². The lowest BCUT2D eigenvalue weighted by atomic mass is 10.4. The Morgan fingerprint density at radius 1 is 0.667 bits per heavy atom. The van der Waals surface area contributed by atoms with Gasteiger partial charge in [-0.05, 0) is 45.8 Å². The predicted molar refractivity (Wildman–Crippen MR) is 140 cm³/mol. The number of rotatable bonds is 11. The second-order valence-corrected chi connectivity index (χ2v) is 14.9. The van der Waals surface area contributed by atoms with Gasteiger partial charge in [-0.25, -0.2) is 0 Å². The molecule has 9 heteroatoms. The Morgan fingerprint density at radius 2 is 1.09 bits per heavy atom. The summed E-state index contributed by atoms with van der Waals surface area (Å²) in [6.45, 7) is 16.5. The van der Waals surface area contributed by atoms with Crippen LogP contribution in [0.3, 0.4) is 0 Å². The number of likely N-dealkylation sites (N-methyl/N-ethyl adjacent to an activating group) is 2. The Kier molecular flexibility index (Phi) is 10.3. The van der Waals surface area contributed by atoms with Crippen LogP contribution in [-0.4, -0.2) is 122 Å². The van der Waals surface area contributed by atoms with Crippen molar-refractivity contribution >= 4 is 22.4 Å². The Balaban J connectivity index is 2.11. The molecule has 3 rings (SSSR count). The molecule has 1 aromatic carbocycles. The lowest BCUT2D eigenvalue weighted by Crippen LogP contribution is -2.76. The molecule has 0 radical (unpaired) electrons. The molecule has 2 fully saturated rings. The largest absolute Gasteiger partial charge is 0.528 e. The van der Waals surface area contributed by atoms with Gasteiger partial charge in [0.25, 0.3) is 8.40 Å². The molecule has 0 amide bonds. The number of hydrogen-bond donors (Lipinski definition) is 0. The second-order valence-electron chi connectivity index (χ2n) is 8.91. The molecule has 2 heterocycles. The normalized spacial score (nSPS) is 20.6. The first-order chi connectivity index (χ1) is 16.0. The van der Waals surface area contributed by atoms with E-state index in [-0.39, 0.29) is 0 Å². The molecule has 0 atom stereocenters. The number of nitrogens with zero attached hydrogens (tertiary/aromatic N) is 4. The fourth-order valence-corrected chi connectivity index (χ4v) is 12.6. The minimum atomic E-state index is -2.91. The van der Waals surface area contributed by atoms with Crippen molar-refractivity contribution in [3.63, 3.8) is 0 Å². The van der Waals surface area contributed by atoms with Crippen molar-refractivity contribution in [1.82, 2.24) is 18.9 Å². The van der Waals surface area contributed by atoms with Gasteiger partial charge < -0.3 is 32.2 Å². The number of hydrogen-bond acceptors (Lipinski definition) is 7. The van der Waals surface area contributed by atoms with Gasteiger partial charge in [0, 0.05) is 72.2 Å². The molecule has 2 aliphatic heterocycles. The molecular weight excluding hydrogens is 448 g/mol. The summed E-state index contributed by atoms with van der Waals surface area (Å²) in [5.41, 5.74) is 4.71. The second kappa shape index (κ2) is 12.7. The van der Waals surface area contributed by atoms with Crippen LogP contribution in [0.2, 0.25) is 0 Å². The molecule has 0 aliphatic carbocycles. The van der Waals surface area contributed by atoms with Crippen LogP contribution in [0.15, 0.2) is 41.7 Å². The van der Waals surface area contributed by atoms with Crippen molar-refractivity contribution in [1.29, 1.82) is 0 Å². The Bertz CT molecular complexity index is 685. The van der Waals surface area contributed by atoms with E-state index in [2.05, 4.69) is 74.8 Å². The standard InChI is InChI=1S/C24H44N4O3Si2/c1-6-29-33(30-7-2,31-8-3)23-22-32(24-12-10-9-11-13-24,27-18-14-25(4)15-19-27)28-20-16-26(5)17-21-28/h9-13,22-23H,6-8,14-21H2,1-5H3. The maximum absolute atomic E-state index is 6.23. The molecular formula is C24H44N4O3Si2. The zero-order chi connectivity index (χ0) is 23.7.